The lowest BCUT2D eigenvalue weighted by molar-refractivity contribution is 0.263. The Bertz CT molecular complexity index is 1040. The Morgan fingerprint density at radius 1 is 1.34 bits per heavy atom. The van der Waals surface area contributed by atoms with Crippen LogP contribution in [0.4, 0.5) is 11.6 Å². The molecule has 0 aromatic carbocycles. The fourth-order valence-electron chi connectivity index (χ4n) is 5.06. The molecule has 0 spiro atoms. The average Bonchev–Trinajstić information content (AvgIpc) is 3.04. The molecule has 2 N–H and O–H groups in total. The van der Waals surface area contributed by atoms with Gasteiger partial charge in [-0.3, -0.25) is 4.98 Å². The van der Waals surface area contributed by atoms with Gasteiger partial charge in [0.25, 0.3) is 0 Å². The molecule has 1 aliphatic carbocycles. The van der Waals surface area contributed by atoms with Crippen molar-refractivity contribution in [3.05, 3.63) is 46.8 Å². The molecule has 2 fully saturated rings. The molecule has 3 aromatic heterocycles. The molecular formula is C21H25BrN6O. The van der Waals surface area contributed by atoms with E-state index < -0.39 is 0 Å². The van der Waals surface area contributed by atoms with E-state index in [0.717, 1.165) is 40.3 Å². The number of nitrogens with one attached hydrogen (secondary N) is 1. The van der Waals surface area contributed by atoms with Crippen molar-refractivity contribution in [3.63, 3.8) is 0 Å². The number of aromatic nitrogens is 4. The molecule has 2 unspecified atom stereocenters. The minimum Gasteiger partial charge on any atom is -0.396 e. The molecule has 0 amide bonds. The minimum atomic E-state index is 0.200. The number of piperidine rings is 1. The molecule has 3 aromatic rings. The van der Waals surface area contributed by atoms with Gasteiger partial charge in [-0.05, 0) is 51.2 Å². The standard InChI is InChI=1S/C21H25BrN6O/c1-21(2)14-12-27(16(5-7-29)19(14)21)18-8-17(24-10-13-4-3-6-23-9-13)28-20(26-18)15(22)11-25-28/h3-4,6,8-9,11,14,16,19,24,29H,5,7,10,12H2,1-2H3/t14?,16?,19-/m0/s1. The molecule has 5 rings (SSSR count). The summed E-state index contributed by atoms with van der Waals surface area (Å²) in [6.07, 6.45) is 6.18. The highest BCUT2D eigenvalue weighted by Crippen LogP contribution is 2.65. The van der Waals surface area contributed by atoms with Crippen LogP contribution in [0.2, 0.25) is 0 Å². The van der Waals surface area contributed by atoms with E-state index in [1.54, 1.807) is 12.4 Å². The first-order valence-electron chi connectivity index (χ1n) is 10.0. The van der Waals surface area contributed by atoms with Crippen molar-refractivity contribution >= 4 is 33.2 Å². The van der Waals surface area contributed by atoms with Crippen LogP contribution >= 0.6 is 15.9 Å². The van der Waals surface area contributed by atoms with E-state index in [1.165, 1.54) is 0 Å². The van der Waals surface area contributed by atoms with Gasteiger partial charge in [0.1, 0.15) is 11.6 Å². The molecular weight excluding hydrogens is 432 g/mol. The highest BCUT2D eigenvalue weighted by Gasteiger charge is 2.66. The van der Waals surface area contributed by atoms with E-state index in [-0.39, 0.29) is 6.61 Å². The van der Waals surface area contributed by atoms with Gasteiger partial charge in [0, 0.05) is 44.2 Å². The summed E-state index contributed by atoms with van der Waals surface area (Å²) in [7, 11) is 0. The number of pyridine rings is 1. The molecule has 29 heavy (non-hydrogen) atoms. The van der Waals surface area contributed by atoms with Crippen molar-refractivity contribution in [2.45, 2.75) is 32.9 Å². The Hall–Kier alpha value is -2.19. The van der Waals surface area contributed by atoms with E-state index in [1.807, 2.05) is 22.8 Å². The van der Waals surface area contributed by atoms with Gasteiger partial charge >= 0.3 is 0 Å². The zero-order chi connectivity index (χ0) is 20.2. The number of hydrogen-bond donors (Lipinski definition) is 2. The van der Waals surface area contributed by atoms with Crippen LogP contribution in [-0.4, -0.2) is 43.9 Å². The smallest absolute Gasteiger partial charge is 0.173 e. The number of anilines is 2. The molecule has 7 nitrogen and oxygen atoms in total. The molecule has 4 heterocycles. The zero-order valence-corrected chi connectivity index (χ0v) is 18.2. The topological polar surface area (TPSA) is 78.6 Å². The van der Waals surface area contributed by atoms with Crippen molar-refractivity contribution in [2.75, 3.05) is 23.4 Å². The highest BCUT2D eigenvalue weighted by molar-refractivity contribution is 9.10. The summed E-state index contributed by atoms with van der Waals surface area (Å²) >= 11 is 3.58. The van der Waals surface area contributed by atoms with Crippen LogP contribution < -0.4 is 10.2 Å². The fourth-order valence-corrected chi connectivity index (χ4v) is 5.41. The number of rotatable bonds is 6. The summed E-state index contributed by atoms with van der Waals surface area (Å²) in [5.74, 6) is 3.11. The van der Waals surface area contributed by atoms with Crippen LogP contribution in [0.25, 0.3) is 5.65 Å². The van der Waals surface area contributed by atoms with Crippen LogP contribution in [0.5, 0.6) is 0 Å². The predicted molar refractivity (Wildman–Crippen MR) is 116 cm³/mol. The minimum absolute atomic E-state index is 0.200. The molecule has 2 aliphatic rings. The number of halogens is 1. The number of nitrogens with zero attached hydrogens (tertiary/aromatic N) is 5. The van der Waals surface area contributed by atoms with Crippen molar-refractivity contribution in [3.8, 4) is 0 Å². The summed E-state index contributed by atoms with van der Waals surface area (Å²) in [4.78, 5) is 11.5. The normalized spacial score (nSPS) is 24.7. The zero-order valence-electron chi connectivity index (χ0n) is 16.6. The number of fused-ring (bicyclic) bond motifs is 2. The van der Waals surface area contributed by atoms with Crippen LogP contribution in [0.15, 0.2) is 41.3 Å². The third kappa shape index (κ3) is 3.09. The van der Waals surface area contributed by atoms with Crippen molar-refractivity contribution in [1.82, 2.24) is 19.6 Å². The third-order valence-electron chi connectivity index (χ3n) is 6.68. The van der Waals surface area contributed by atoms with Gasteiger partial charge in [0.2, 0.25) is 0 Å². The van der Waals surface area contributed by atoms with Crippen LogP contribution in [0, 0.1) is 17.3 Å². The largest absolute Gasteiger partial charge is 0.396 e. The summed E-state index contributed by atoms with van der Waals surface area (Å²) in [5.41, 5.74) is 2.25. The Kier molecular flexibility index (Phi) is 4.51. The second-order valence-corrected chi connectivity index (χ2v) is 9.48. The molecule has 152 valence electrons. The van der Waals surface area contributed by atoms with Gasteiger partial charge < -0.3 is 15.3 Å². The number of aliphatic hydroxyl groups is 1. The average molecular weight is 457 g/mol. The first-order valence-corrected chi connectivity index (χ1v) is 10.8. The van der Waals surface area contributed by atoms with Crippen LogP contribution in [0.1, 0.15) is 25.8 Å². The Morgan fingerprint density at radius 2 is 2.21 bits per heavy atom. The molecule has 8 heteroatoms. The van der Waals surface area contributed by atoms with E-state index in [2.05, 4.69) is 56.1 Å². The van der Waals surface area contributed by atoms with Gasteiger partial charge in [-0.2, -0.15) is 9.61 Å². The van der Waals surface area contributed by atoms with Crippen LogP contribution in [-0.2, 0) is 6.54 Å². The maximum Gasteiger partial charge on any atom is 0.173 e. The third-order valence-corrected chi connectivity index (χ3v) is 7.24. The summed E-state index contributed by atoms with van der Waals surface area (Å²) in [5, 5.41) is 17.6. The lowest BCUT2D eigenvalue weighted by atomic mass is 9.99. The molecule has 0 radical (unpaired) electrons. The Labute approximate surface area is 178 Å². The van der Waals surface area contributed by atoms with Crippen molar-refractivity contribution < 1.29 is 5.11 Å². The lowest BCUT2D eigenvalue weighted by Crippen LogP contribution is -2.37. The second-order valence-electron chi connectivity index (χ2n) is 8.63. The molecule has 0 bridgehead atoms. The summed E-state index contributed by atoms with van der Waals surface area (Å²) in [6.45, 7) is 6.52. The van der Waals surface area contributed by atoms with E-state index >= 15 is 0 Å². The van der Waals surface area contributed by atoms with Gasteiger partial charge in [0.05, 0.1) is 10.7 Å². The lowest BCUT2D eigenvalue weighted by Gasteiger charge is -2.32. The first kappa shape index (κ1) is 18.8. The molecule has 3 atom stereocenters. The van der Waals surface area contributed by atoms with Crippen molar-refractivity contribution in [1.29, 1.82) is 0 Å². The SMILES string of the molecule is CC1(C)C2CN(c3cc(NCc4cccnc4)n4ncc(Br)c4n3)C(CCO)[C@H]21. The molecule has 1 aliphatic heterocycles. The maximum absolute atomic E-state index is 9.66. The Balaban J connectivity index is 1.49. The van der Waals surface area contributed by atoms with Crippen LogP contribution in [0.3, 0.4) is 0 Å². The predicted octanol–water partition coefficient (Wildman–Crippen LogP) is 3.34. The van der Waals surface area contributed by atoms with Gasteiger partial charge in [-0.25, -0.2) is 4.98 Å². The monoisotopic (exact) mass is 456 g/mol. The van der Waals surface area contributed by atoms with E-state index in [0.29, 0.717) is 29.8 Å². The Morgan fingerprint density at radius 3 is 2.97 bits per heavy atom. The number of hydrogen-bond acceptors (Lipinski definition) is 6. The van der Waals surface area contributed by atoms with Gasteiger partial charge in [-0.1, -0.05) is 19.9 Å². The first-order chi connectivity index (χ1) is 14.0. The summed E-state index contributed by atoms with van der Waals surface area (Å²) < 4.78 is 2.69. The highest BCUT2D eigenvalue weighted by atomic mass is 79.9. The molecule has 1 saturated heterocycles. The van der Waals surface area contributed by atoms with Gasteiger partial charge in [0.15, 0.2) is 5.65 Å². The van der Waals surface area contributed by atoms with E-state index in [9.17, 15) is 5.11 Å². The molecule has 1 saturated carbocycles. The summed E-state index contributed by atoms with van der Waals surface area (Å²) in [6, 6.07) is 6.38. The maximum atomic E-state index is 9.66. The van der Waals surface area contributed by atoms with E-state index in [4.69, 9.17) is 4.98 Å². The fraction of sp³-hybridized carbons (Fsp3) is 0.476. The van der Waals surface area contributed by atoms with Crippen molar-refractivity contribution in [2.24, 2.45) is 17.3 Å². The quantitative estimate of drug-likeness (QED) is 0.591. The number of aliphatic hydroxyl groups excluding tert-OH is 1. The van der Waals surface area contributed by atoms with Gasteiger partial charge in [-0.15, -0.1) is 0 Å². The second kappa shape index (κ2) is 6.95.